The number of nitrogens with zero attached hydrogens (tertiary/aromatic N) is 1. The van der Waals surface area contributed by atoms with E-state index in [4.69, 9.17) is 0 Å². The van der Waals surface area contributed by atoms with Gasteiger partial charge in [-0.15, -0.1) is 11.3 Å². The Balaban J connectivity index is 1.96. The fraction of sp³-hybridized carbons (Fsp3) is 0.462. The van der Waals surface area contributed by atoms with E-state index >= 15 is 0 Å². The summed E-state index contributed by atoms with van der Waals surface area (Å²) in [6, 6.07) is 4.19. The Morgan fingerprint density at radius 3 is 3.12 bits per heavy atom. The fourth-order valence-corrected chi connectivity index (χ4v) is 2.43. The van der Waals surface area contributed by atoms with E-state index in [0.717, 1.165) is 24.7 Å². The van der Waals surface area contributed by atoms with Crippen molar-refractivity contribution in [3.8, 4) is 10.6 Å². The van der Waals surface area contributed by atoms with Crippen LogP contribution >= 0.6 is 11.3 Å². The maximum Gasteiger partial charge on any atom is 0.0794 e. The number of hydrogen-bond donors (Lipinski definition) is 2. The quantitative estimate of drug-likeness (QED) is 0.825. The zero-order chi connectivity index (χ0) is 12.1. The summed E-state index contributed by atoms with van der Waals surface area (Å²) in [5.74, 6) is 0.729. The van der Waals surface area contributed by atoms with Crippen LogP contribution in [0.15, 0.2) is 23.7 Å². The monoisotopic (exact) mass is 249 g/mol. The number of thiophene rings is 1. The smallest absolute Gasteiger partial charge is 0.0794 e. The van der Waals surface area contributed by atoms with Gasteiger partial charge < -0.3 is 5.32 Å². The van der Waals surface area contributed by atoms with E-state index in [1.807, 2.05) is 6.20 Å². The molecule has 3 nitrogen and oxygen atoms in total. The zero-order valence-corrected chi connectivity index (χ0v) is 11.2. The SMILES string of the molecule is CCC(C)CNCc1cn[nH]c1-c1cccs1. The van der Waals surface area contributed by atoms with Crippen LogP contribution in [-0.4, -0.2) is 16.7 Å². The number of H-pyrrole nitrogens is 1. The summed E-state index contributed by atoms with van der Waals surface area (Å²) in [6.07, 6.45) is 3.13. The second-order valence-corrected chi connectivity index (χ2v) is 5.34. The number of hydrogen-bond acceptors (Lipinski definition) is 3. The van der Waals surface area contributed by atoms with E-state index in [2.05, 4.69) is 46.9 Å². The van der Waals surface area contributed by atoms with Crippen molar-refractivity contribution in [2.45, 2.75) is 26.8 Å². The molecule has 0 amide bonds. The Labute approximate surface area is 106 Å². The molecule has 4 heteroatoms. The molecule has 0 bridgehead atoms. The highest BCUT2D eigenvalue weighted by atomic mass is 32.1. The van der Waals surface area contributed by atoms with Crippen molar-refractivity contribution in [1.29, 1.82) is 0 Å². The number of aromatic nitrogens is 2. The molecule has 0 radical (unpaired) electrons. The van der Waals surface area contributed by atoms with Crippen LogP contribution in [0.4, 0.5) is 0 Å². The van der Waals surface area contributed by atoms with Crippen LogP contribution in [0.2, 0.25) is 0 Å². The van der Waals surface area contributed by atoms with Gasteiger partial charge in [-0.2, -0.15) is 5.10 Å². The van der Waals surface area contributed by atoms with Crippen molar-refractivity contribution in [3.05, 3.63) is 29.3 Å². The van der Waals surface area contributed by atoms with Crippen LogP contribution < -0.4 is 5.32 Å². The lowest BCUT2D eigenvalue weighted by atomic mass is 10.1. The number of rotatable bonds is 6. The first-order valence-electron chi connectivity index (χ1n) is 6.08. The molecule has 2 heterocycles. The molecule has 2 N–H and O–H groups in total. The Hall–Kier alpha value is -1.13. The maximum atomic E-state index is 4.14. The molecule has 92 valence electrons. The second kappa shape index (κ2) is 5.98. The third kappa shape index (κ3) is 3.17. The predicted molar refractivity (Wildman–Crippen MR) is 73.1 cm³/mol. The van der Waals surface area contributed by atoms with E-state index in [1.165, 1.54) is 16.9 Å². The van der Waals surface area contributed by atoms with E-state index in [0.29, 0.717) is 0 Å². The number of aromatic amines is 1. The Kier molecular flexibility index (Phi) is 4.34. The average Bonchev–Trinajstić information content (AvgIpc) is 2.98. The van der Waals surface area contributed by atoms with Crippen LogP contribution in [0.25, 0.3) is 10.6 Å². The molecule has 2 rings (SSSR count). The van der Waals surface area contributed by atoms with Gasteiger partial charge in [0.1, 0.15) is 0 Å². The summed E-state index contributed by atoms with van der Waals surface area (Å²) in [5, 5.41) is 12.8. The molecule has 0 saturated heterocycles. The fourth-order valence-electron chi connectivity index (χ4n) is 1.68. The molecular weight excluding hydrogens is 230 g/mol. The van der Waals surface area contributed by atoms with Crippen LogP contribution in [0.5, 0.6) is 0 Å². The zero-order valence-electron chi connectivity index (χ0n) is 10.4. The molecular formula is C13H19N3S. The first kappa shape index (κ1) is 12.3. The Bertz CT molecular complexity index is 433. The summed E-state index contributed by atoms with van der Waals surface area (Å²) in [6.45, 7) is 6.43. The Morgan fingerprint density at radius 1 is 1.53 bits per heavy atom. The molecule has 0 aliphatic heterocycles. The van der Waals surface area contributed by atoms with Gasteiger partial charge in [-0.3, -0.25) is 5.10 Å². The van der Waals surface area contributed by atoms with E-state index in [1.54, 1.807) is 11.3 Å². The third-order valence-electron chi connectivity index (χ3n) is 2.99. The van der Waals surface area contributed by atoms with Crippen molar-refractivity contribution in [3.63, 3.8) is 0 Å². The van der Waals surface area contributed by atoms with Crippen molar-refractivity contribution < 1.29 is 0 Å². The van der Waals surface area contributed by atoms with Gasteiger partial charge in [0.2, 0.25) is 0 Å². The lowest BCUT2D eigenvalue weighted by Crippen LogP contribution is -2.20. The van der Waals surface area contributed by atoms with Gasteiger partial charge in [0.25, 0.3) is 0 Å². The van der Waals surface area contributed by atoms with Gasteiger partial charge in [0.15, 0.2) is 0 Å². The van der Waals surface area contributed by atoms with E-state index < -0.39 is 0 Å². The van der Waals surface area contributed by atoms with Gasteiger partial charge in [-0.25, -0.2) is 0 Å². The van der Waals surface area contributed by atoms with Crippen LogP contribution in [0, 0.1) is 5.92 Å². The standard InChI is InChI=1S/C13H19N3S/c1-3-10(2)7-14-8-11-9-15-16-13(11)12-5-4-6-17-12/h4-6,9-10,14H,3,7-8H2,1-2H3,(H,15,16). The van der Waals surface area contributed by atoms with Gasteiger partial charge in [-0.1, -0.05) is 26.3 Å². The van der Waals surface area contributed by atoms with Gasteiger partial charge in [-0.05, 0) is 23.9 Å². The molecule has 1 atom stereocenters. The highest BCUT2D eigenvalue weighted by Gasteiger charge is 2.08. The molecule has 0 aromatic carbocycles. The molecule has 2 aromatic rings. The Morgan fingerprint density at radius 2 is 2.41 bits per heavy atom. The molecule has 1 unspecified atom stereocenters. The molecule has 0 aliphatic carbocycles. The first-order valence-corrected chi connectivity index (χ1v) is 6.96. The van der Waals surface area contributed by atoms with E-state index in [9.17, 15) is 0 Å². The van der Waals surface area contributed by atoms with Crippen molar-refractivity contribution in [2.75, 3.05) is 6.54 Å². The minimum Gasteiger partial charge on any atom is -0.312 e. The van der Waals surface area contributed by atoms with Crippen molar-refractivity contribution in [1.82, 2.24) is 15.5 Å². The topological polar surface area (TPSA) is 40.7 Å². The lowest BCUT2D eigenvalue weighted by molar-refractivity contribution is 0.500. The van der Waals surface area contributed by atoms with Gasteiger partial charge >= 0.3 is 0 Å². The highest BCUT2D eigenvalue weighted by Crippen LogP contribution is 2.25. The summed E-state index contributed by atoms with van der Waals surface area (Å²) in [5.41, 5.74) is 2.40. The van der Waals surface area contributed by atoms with Crippen molar-refractivity contribution >= 4 is 11.3 Å². The highest BCUT2D eigenvalue weighted by molar-refractivity contribution is 7.13. The second-order valence-electron chi connectivity index (χ2n) is 4.39. The summed E-state index contributed by atoms with van der Waals surface area (Å²) >= 11 is 1.74. The van der Waals surface area contributed by atoms with Crippen LogP contribution in [0.3, 0.4) is 0 Å². The van der Waals surface area contributed by atoms with Crippen molar-refractivity contribution in [2.24, 2.45) is 5.92 Å². The largest absolute Gasteiger partial charge is 0.312 e. The minimum atomic E-state index is 0.729. The maximum absolute atomic E-state index is 4.14. The normalized spacial score (nSPS) is 12.8. The first-order chi connectivity index (χ1) is 8.31. The van der Waals surface area contributed by atoms with Gasteiger partial charge in [0.05, 0.1) is 16.8 Å². The van der Waals surface area contributed by atoms with Crippen LogP contribution in [-0.2, 0) is 6.54 Å². The summed E-state index contributed by atoms with van der Waals surface area (Å²) in [7, 11) is 0. The van der Waals surface area contributed by atoms with Crippen LogP contribution in [0.1, 0.15) is 25.8 Å². The summed E-state index contributed by atoms with van der Waals surface area (Å²) in [4.78, 5) is 1.25. The molecule has 0 aliphatic rings. The third-order valence-corrected chi connectivity index (χ3v) is 3.88. The number of nitrogens with one attached hydrogen (secondary N) is 2. The minimum absolute atomic E-state index is 0.729. The lowest BCUT2D eigenvalue weighted by Gasteiger charge is -2.09. The van der Waals surface area contributed by atoms with Gasteiger partial charge in [0, 0.05) is 12.1 Å². The summed E-state index contributed by atoms with van der Waals surface area (Å²) < 4.78 is 0. The predicted octanol–water partition coefficient (Wildman–Crippen LogP) is 3.27. The molecule has 2 aromatic heterocycles. The average molecular weight is 249 g/mol. The molecule has 0 fully saturated rings. The molecule has 0 spiro atoms. The van der Waals surface area contributed by atoms with E-state index in [-0.39, 0.29) is 0 Å². The molecule has 17 heavy (non-hydrogen) atoms. The molecule has 0 saturated carbocycles.